The average molecular weight is 509 g/mol. The minimum Gasteiger partial charge on any atom is -0.493 e. The lowest BCUT2D eigenvalue weighted by molar-refractivity contribution is 0.0784. The number of ether oxygens (including phenoxy) is 1. The number of rotatable bonds is 9. The first-order valence-corrected chi connectivity index (χ1v) is 11.8. The zero-order chi connectivity index (χ0) is 23.8. The smallest absolute Gasteiger partial charge is 0.259 e. The molecular formula is C27H29BrN2O3. The number of benzene rings is 3. The van der Waals surface area contributed by atoms with Crippen molar-refractivity contribution >= 4 is 33.4 Å². The fraction of sp³-hybridized carbons (Fsp3) is 0.259. The number of anilines is 1. The molecule has 3 aromatic rings. The predicted octanol–water partition coefficient (Wildman–Crippen LogP) is 6.40. The van der Waals surface area contributed by atoms with Gasteiger partial charge in [-0.15, -0.1) is 0 Å². The van der Waals surface area contributed by atoms with Gasteiger partial charge in [-0.2, -0.15) is 0 Å². The molecule has 5 nitrogen and oxygen atoms in total. The number of nitrogens with one attached hydrogen (secondary N) is 1. The Labute approximate surface area is 203 Å². The quantitative estimate of drug-likeness (QED) is 0.363. The second-order valence-electron chi connectivity index (χ2n) is 8.35. The van der Waals surface area contributed by atoms with Crippen molar-refractivity contribution in [3.63, 3.8) is 0 Å². The third-order valence-electron chi connectivity index (χ3n) is 5.12. The monoisotopic (exact) mass is 508 g/mol. The van der Waals surface area contributed by atoms with Crippen LogP contribution in [0.4, 0.5) is 5.69 Å². The van der Waals surface area contributed by atoms with E-state index in [0.29, 0.717) is 41.6 Å². The van der Waals surface area contributed by atoms with Gasteiger partial charge in [-0.25, -0.2) is 0 Å². The van der Waals surface area contributed by atoms with Crippen molar-refractivity contribution < 1.29 is 14.3 Å². The number of hydrogen-bond acceptors (Lipinski definition) is 3. The van der Waals surface area contributed by atoms with Crippen molar-refractivity contribution in [2.75, 3.05) is 19.0 Å². The molecule has 0 saturated carbocycles. The van der Waals surface area contributed by atoms with Crippen LogP contribution in [0.15, 0.2) is 77.3 Å². The van der Waals surface area contributed by atoms with E-state index >= 15 is 0 Å². The summed E-state index contributed by atoms with van der Waals surface area (Å²) in [5, 5.41) is 2.90. The molecule has 33 heavy (non-hydrogen) atoms. The summed E-state index contributed by atoms with van der Waals surface area (Å²) in [7, 11) is 1.77. The summed E-state index contributed by atoms with van der Waals surface area (Å²) in [6.45, 7) is 5.30. The van der Waals surface area contributed by atoms with E-state index in [-0.39, 0.29) is 11.8 Å². The maximum Gasteiger partial charge on any atom is 0.259 e. The molecular weight excluding hydrogens is 480 g/mol. The zero-order valence-corrected chi connectivity index (χ0v) is 20.8. The lowest BCUT2D eigenvalue weighted by Crippen LogP contribution is -2.26. The molecule has 0 fully saturated rings. The third kappa shape index (κ3) is 7.19. The Kier molecular flexibility index (Phi) is 8.66. The van der Waals surface area contributed by atoms with Crippen LogP contribution in [0.25, 0.3) is 0 Å². The second kappa shape index (κ2) is 11.7. The van der Waals surface area contributed by atoms with Crippen LogP contribution in [-0.4, -0.2) is 30.4 Å². The molecule has 0 saturated heterocycles. The first-order valence-electron chi connectivity index (χ1n) is 11.0. The van der Waals surface area contributed by atoms with Crippen LogP contribution in [-0.2, 0) is 6.54 Å². The number of carbonyl (C=O) groups excluding carboxylic acids is 2. The molecule has 0 atom stereocenters. The normalized spacial score (nSPS) is 10.7. The van der Waals surface area contributed by atoms with Crippen LogP contribution in [0, 0.1) is 5.92 Å². The lowest BCUT2D eigenvalue weighted by atomic mass is 10.1. The van der Waals surface area contributed by atoms with E-state index in [2.05, 4.69) is 35.1 Å². The van der Waals surface area contributed by atoms with Crippen LogP contribution >= 0.6 is 15.9 Å². The van der Waals surface area contributed by atoms with Gasteiger partial charge in [0.25, 0.3) is 11.8 Å². The standard InChI is InChI=1S/C27H29BrN2O3/c1-19(2)14-15-33-25-13-12-22(28)17-24(25)26(31)29-23-11-7-10-21(16-23)27(32)30(3)18-20-8-5-4-6-9-20/h4-13,16-17,19H,14-15,18H2,1-3H3,(H,29,31). The van der Waals surface area contributed by atoms with E-state index in [9.17, 15) is 9.59 Å². The predicted molar refractivity (Wildman–Crippen MR) is 136 cm³/mol. The van der Waals surface area contributed by atoms with Gasteiger partial charge in [-0.3, -0.25) is 9.59 Å². The Hall–Kier alpha value is -3.12. The molecule has 0 bridgehead atoms. The molecule has 1 N–H and O–H groups in total. The number of hydrogen-bond donors (Lipinski definition) is 1. The summed E-state index contributed by atoms with van der Waals surface area (Å²) < 4.78 is 6.66. The molecule has 0 aliphatic carbocycles. The summed E-state index contributed by atoms with van der Waals surface area (Å²) in [5.74, 6) is 0.636. The van der Waals surface area contributed by atoms with Gasteiger partial charge in [0.1, 0.15) is 5.75 Å². The summed E-state index contributed by atoms with van der Waals surface area (Å²) in [6, 6.07) is 22.2. The van der Waals surface area contributed by atoms with Crippen molar-refractivity contribution in [1.82, 2.24) is 4.90 Å². The summed E-state index contributed by atoms with van der Waals surface area (Å²) in [6.07, 6.45) is 0.901. The first kappa shape index (κ1) is 24.5. The van der Waals surface area contributed by atoms with E-state index in [1.165, 1.54) is 0 Å². The van der Waals surface area contributed by atoms with Gasteiger partial charge in [0.05, 0.1) is 12.2 Å². The molecule has 0 aliphatic rings. The Bertz CT molecular complexity index is 1100. The molecule has 0 aromatic heterocycles. The summed E-state index contributed by atoms with van der Waals surface area (Å²) in [4.78, 5) is 27.6. The van der Waals surface area contributed by atoms with Crippen LogP contribution < -0.4 is 10.1 Å². The van der Waals surface area contributed by atoms with Gasteiger partial charge in [0.15, 0.2) is 0 Å². The van der Waals surface area contributed by atoms with Gasteiger partial charge < -0.3 is 15.0 Å². The highest BCUT2D eigenvalue weighted by atomic mass is 79.9. The maximum atomic E-state index is 13.0. The molecule has 0 heterocycles. The number of nitrogens with zero attached hydrogens (tertiary/aromatic N) is 1. The number of halogens is 1. The Morgan fingerprint density at radius 1 is 1.00 bits per heavy atom. The summed E-state index contributed by atoms with van der Waals surface area (Å²) >= 11 is 3.43. The highest BCUT2D eigenvalue weighted by Crippen LogP contribution is 2.25. The van der Waals surface area contributed by atoms with Crippen LogP contribution in [0.2, 0.25) is 0 Å². The molecule has 172 valence electrons. The Balaban J connectivity index is 1.71. The fourth-order valence-corrected chi connectivity index (χ4v) is 3.65. The molecule has 0 radical (unpaired) electrons. The first-order chi connectivity index (χ1) is 15.8. The van der Waals surface area contributed by atoms with E-state index in [0.717, 1.165) is 16.5 Å². The minimum absolute atomic E-state index is 0.116. The van der Waals surface area contributed by atoms with E-state index in [1.54, 1.807) is 48.3 Å². The molecule has 0 spiro atoms. The Morgan fingerprint density at radius 3 is 2.48 bits per heavy atom. The molecule has 0 aliphatic heterocycles. The maximum absolute atomic E-state index is 13.0. The molecule has 3 aromatic carbocycles. The van der Waals surface area contributed by atoms with Gasteiger partial charge in [-0.1, -0.05) is 66.2 Å². The van der Waals surface area contributed by atoms with Crippen LogP contribution in [0.1, 0.15) is 46.5 Å². The molecule has 6 heteroatoms. The van der Waals surface area contributed by atoms with E-state index < -0.39 is 0 Å². The fourth-order valence-electron chi connectivity index (χ4n) is 3.29. The highest BCUT2D eigenvalue weighted by Gasteiger charge is 2.16. The van der Waals surface area contributed by atoms with Crippen molar-refractivity contribution in [1.29, 1.82) is 0 Å². The van der Waals surface area contributed by atoms with Crippen LogP contribution in [0.3, 0.4) is 0 Å². The second-order valence-corrected chi connectivity index (χ2v) is 9.27. The van der Waals surface area contributed by atoms with E-state index in [4.69, 9.17) is 4.74 Å². The largest absolute Gasteiger partial charge is 0.493 e. The SMILES string of the molecule is CC(C)CCOc1ccc(Br)cc1C(=O)Nc1cccc(C(=O)N(C)Cc2ccccc2)c1. The minimum atomic E-state index is -0.293. The Morgan fingerprint density at radius 2 is 1.76 bits per heavy atom. The molecule has 3 rings (SSSR count). The van der Waals surface area contributed by atoms with Crippen molar-refractivity contribution in [2.45, 2.75) is 26.8 Å². The zero-order valence-electron chi connectivity index (χ0n) is 19.2. The van der Waals surface area contributed by atoms with Crippen LogP contribution in [0.5, 0.6) is 5.75 Å². The average Bonchev–Trinajstić information content (AvgIpc) is 2.80. The summed E-state index contributed by atoms with van der Waals surface area (Å²) in [5.41, 5.74) is 2.55. The van der Waals surface area contributed by atoms with Gasteiger partial charge in [0.2, 0.25) is 0 Å². The number of carbonyl (C=O) groups is 2. The van der Waals surface area contributed by atoms with Crippen molar-refractivity contribution in [2.24, 2.45) is 5.92 Å². The van der Waals surface area contributed by atoms with E-state index in [1.807, 2.05) is 36.4 Å². The molecule has 2 amide bonds. The third-order valence-corrected chi connectivity index (χ3v) is 5.61. The van der Waals surface area contributed by atoms with Gasteiger partial charge in [-0.05, 0) is 54.3 Å². The van der Waals surface area contributed by atoms with Gasteiger partial charge >= 0.3 is 0 Å². The topological polar surface area (TPSA) is 58.6 Å². The number of amides is 2. The molecule has 0 unspecified atom stereocenters. The van der Waals surface area contributed by atoms with Gasteiger partial charge in [0, 0.05) is 29.3 Å². The highest BCUT2D eigenvalue weighted by molar-refractivity contribution is 9.10. The van der Waals surface area contributed by atoms with Crippen molar-refractivity contribution in [3.05, 3.63) is 94.0 Å². The lowest BCUT2D eigenvalue weighted by Gasteiger charge is -2.18. The van der Waals surface area contributed by atoms with Crippen molar-refractivity contribution in [3.8, 4) is 5.75 Å².